The van der Waals surface area contributed by atoms with Gasteiger partial charge in [0.05, 0.1) is 16.6 Å². The topological polar surface area (TPSA) is 67.9 Å². The number of H-pyrrole nitrogens is 1. The van der Waals surface area contributed by atoms with E-state index in [9.17, 15) is 13.7 Å². The van der Waals surface area contributed by atoms with Crippen LogP contribution in [0, 0.1) is 5.82 Å². The zero-order valence-electron chi connectivity index (χ0n) is 12.8. The number of benzene rings is 1. The van der Waals surface area contributed by atoms with Crippen LogP contribution in [0.4, 0.5) is 4.39 Å². The Morgan fingerprint density at radius 1 is 1.36 bits per heavy atom. The van der Waals surface area contributed by atoms with Crippen molar-refractivity contribution in [1.29, 1.82) is 0 Å². The van der Waals surface area contributed by atoms with Gasteiger partial charge in [0.15, 0.2) is 0 Å². The summed E-state index contributed by atoms with van der Waals surface area (Å²) in [6.07, 6.45) is 0. The fourth-order valence-electron chi connectivity index (χ4n) is 1.94. The number of fused-ring (bicyclic) bond motifs is 1. The van der Waals surface area contributed by atoms with Gasteiger partial charge >= 0.3 is 0 Å². The molecule has 2 rings (SSSR count). The van der Waals surface area contributed by atoms with Crippen molar-refractivity contribution in [2.45, 2.75) is 38.5 Å². The summed E-state index contributed by atoms with van der Waals surface area (Å²) in [5, 5.41) is 0.612. The molecule has 0 spiro atoms. The molecule has 0 saturated carbocycles. The zero-order chi connectivity index (χ0) is 16.7. The van der Waals surface area contributed by atoms with E-state index in [1.165, 1.54) is 12.1 Å². The molecule has 0 radical (unpaired) electrons. The zero-order valence-corrected chi connectivity index (χ0v) is 14.4. The van der Waals surface area contributed by atoms with Crippen LogP contribution in [0.15, 0.2) is 23.0 Å². The number of pyridine rings is 1. The van der Waals surface area contributed by atoms with E-state index >= 15 is 0 Å². The SMILES string of the molecule is C[C@H](N[S+]([O-])C(C)(C)C)c1cc2cc(Cl)c(F)cc2[nH]c1=O. The van der Waals surface area contributed by atoms with Gasteiger partial charge in [-0.15, -0.1) is 4.72 Å². The highest BCUT2D eigenvalue weighted by molar-refractivity contribution is 7.90. The fourth-order valence-corrected chi connectivity index (χ4v) is 2.91. The molecule has 4 nitrogen and oxygen atoms in total. The van der Waals surface area contributed by atoms with Gasteiger partial charge in [-0.3, -0.25) is 4.79 Å². The van der Waals surface area contributed by atoms with E-state index in [1.54, 1.807) is 13.0 Å². The maximum Gasteiger partial charge on any atom is 0.253 e. The summed E-state index contributed by atoms with van der Waals surface area (Å²) in [6.45, 7) is 7.28. The van der Waals surface area contributed by atoms with Crippen LogP contribution in [0.1, 0.15) is 39.3 Å². The minimum Gasteiger partial charge on any atom is -0.598 e. The molecule has 0 aliphatic heterocycles. The number of hydrogen-bond acceptors (Lipinski definition) is 3. The van der Waals surface area contributed by atoms with E-state index in [4.69, 9.17) is 11.6 Å². The second-order valence-electron chi connectivity index (χ2n) is 6.13. The first kappa shape index (κ1) is 17.3. The van der Waals surface area contributed by atoms with Crippen LogP contribution >= 0.6 is 11.6 Å². The van der Waals surface area contributed by atoms with Crippen molar-refractivity contribution in [3.63, 3.8) is 0 Å². The molecule has 2 atom stereocenters. The number of nitrogens with one attached hydrogen (secondary N) is 2. The Kier molecular flexibility index (Phi) is 4.87. The predicted molar refractivity (Wildman–Crippen MR) is 89.0 cm³/mol. The third-order valence-corrected chi connectivity index (χ3v) is 5.19. The Morgan fingerprint density at radius 3 is 2.59 bits per heavy atom. The van der Waals surface area contributed by atoms with Crippen molar-refractivity contribution < 1.29 is 8.94 Å². The van der Waals surface area contributed by atoms with Gasteiger partial charge in [0.2, 0.25) is 0 Å². The third kappa shape index (κ3) is 3.63. The molecule has 0 amide bonds. The van der Waals surface area contributed by atoms with Gasteiger partial charge in [-0.25, -0.2) is 4.39 Å². The molecule has 7 heteroatoms. The Labute approximate surface area is 136 Å². The Hall–Kier alpha value is -1.08. The Bertz CT molecular complexity index is 758. The summed E-state index contributed by atoms with van der Waals surface area (Å²) in [4.78, 5) is 14.8. The molecule has 0 saturated heterocycles. The van der Waals surface area contributed by atoms with Crippen molar-refractivity contribution in [2.24, 2.45) is 0 Å². The quantitative estimate of drug-likeness (QED) is 0.838. The van der Waals surface area contributed by atoms with E-state index in [0.29, 0.717) is 16.5 Å². The van der Waals surface area contributed by atoms with Crippen molar-refractivity contribution >= 4 is 33.9 Å². The lowest BCUT2D eigenvalue weighted by molar-refractivity contribution is 0.530. The van der Waals surface area contributed by atoms with Gasteiger partial charge in [0, 0.05) is 22.3 Å². The molecule has 0 aliphatic carbocycles. The highest BCUT2D eigenvalue weighted by atomic mass is 35.5. The molecule has 0 bridgehead atoms. The lowest BCUT2D eigenvalue weighted by atomic mass is 10.1. The third-order valence-electron chi connectivity index (χ3n) is 3.22. The summed E-state index contributed by atoms with van der Waals surface area (Å²) in [5.41, 5.74) is 0.452. The van der Waals surface area contributed by atoms with Crippen LogP contribution in [0.25, 0.3) is 10.9 Å². The summed E-state index contributed by atoms with van der Waals surface area (Å²) in [7, 11) is 0. The predicted octanol–water partition coefficient (Wildman–Crippen LogP) is 3.43. The number of aromatic nitrogens is 1. The molecule has 2 N–H and O–H groups in total. The van der Waals surface area contributed by atoms with E-state index in [-0.39, 0.29) is 10.6 Å². The number of rotatable bonds is 3. The number of hydrogen-bond donors (Lipinski definition) is 2. The first-order chi connectivity index (χ1) is 10.1. The molecule has 22 heavy (non-hydrogen) atoms. The average molecular weight is 345 g/mol. The molecule has 1 unspecified atom stereocenters. The monoisotopic (exact) mass is 344 g/mol. The lowest BCUT2D eigenvalue weighted by Crippen LogP contribution is -2.41. The summed E-state index contributed by atoms with van der Waals surface area (Å²) in [5.74, 6) is -0.586. The van der Waals surface area contributed by atoms with Gasteiger partial charge in [-0.05, 0) is 45.9 Å². The molecule has 1 heterocycles. The average Bonchev–Trinajstić information content (AvgIpc) is 2.38. The lowest BCUT2D eigenvalue weighted by Gasteiger charge is -2.26. The first-order valence-corrected chi connectivity index (χ1v) is 8.32. The van der Waals surface area contributed by atoms with Crippen LogP contribution in [0.3, 0.4) is 0 Å². The van der Waals surface area contributed by atoms with E-state index < -0.39 is 28.0 Å². The van der Waals surface area contributed by atoms with Crippen molar-refractivity contribution in [3.05, 3.63) is 45.0 Å². The van der Waals surface area contributed by atoms with Gasteiger partial charge in [-0.2, -0.15) is 0 Å². The van der Waals surface area contributed by atoms with Crippen LogP contribution in [0.5, 0.6) is 0 Å². The normalized spacial score (nSPS) is 15.0. The smallest absolute Gasteiger partial charge is 0.253 e. The molecule has 0 fully saturated rings. The van der Waals surface area contributed by atoms with Crippen LogP contribution in [0.2, 0.25) is 5.02 Å². The molecule has 2 aromatic rings. The van der Waals surface area contributed by atoms with E-state index in [1.807, 2.05) is 20.8 Å². The van der Waals surface area contributed by atoms with E-state index in [0.717, 1.165) is 0 Å². The van der Waals surface area contributed by atoms with Gasteiger partial charge in [0.1, 0.15) is 10.6 Å². The maximum atomic E-state index is 13.4. The number of aromatic amines is 1. The van der Waals surface area contributed by atoms with Gasteiger partial charge in [0.25, 0.3) is 5.56 Å². The largest absolute Gasteiger partial charge is 0.598 e. The molecule has 1 aromatic heterocycles. The summed E-state index contributed by atoms with van der Waals surface area (Å²) in [6, 6.07) is 3.86. The summed E-state index contributed by atoms with van der Waals surface area (Å²) >= 11 is 4.47. The molecule has 0 aliphatic rings. The van der Waals surface area contributed by atoms with Gasteiger partial charge in [-0.1, -0.05) is 11.6 Å². The van der Waals surface area contributed by atoms with Crippen molar-refractivity contribution in [1.82, 2.24) is 9.71 Å². The molecule has 1 aromatic carbocycles. The highest BCUT2D eigenvalue weighted by Crippen LogP contribution is 2.23. The van der Waals surface area contributed by atoms with Crippen molar-refractivity contribution in [2.75, 3.05) is 0 Å². The summed E-state index contributed by atoms with van der Waals surface area (Å²) < 4.78 is 28.0. The van der Waals surface area contributed by atoms with Crippen LogP contribution in [-0.4, -0.2) is 14.3 Å². The minimum absolute atomic E-state index is 0.00983. The number of halogens is 2. The first-order valence-electron chi connectivity index (χ1n) is 6.79. The molecular weight excluding hydrogens is 327 g/mol. The van der Waals surface area contributed by atoms with Crippen molar-refractivity contribution in [3.8, 4) is 0 Å². The minimum atomic E-state index is -1.31. The van der Waals surface area contributed by atoms with E-state index in [2.05, 4.69) is 9.71 Å². The molecule has 120 valence electrons. The fraction of sp³-hybridized carbons (Fsp3) is 0.400. The second-order valence-corrected chi connectivity index (χ2v) is 8.53. The maximum absolute atomic E-state index is 13.4. The van der Waals surface area contributed by atoms with Gasteiger partial charge < -0.3 is 9.54 Å². The Morgan fingerprint density at radius 2 is 2.00 bits per heavy atom. The van der Waals surface area contributed by atoms with Crippen LogP contribution < -0.4 is 10.3 Å². The standard InChI is InChI=1S/C15H18ClFN2O2S/c1-8(19-22(21)15(2,3)4)10-5-9-6-11(16)12(17)7-13(9)18-14(10)20/h5-8,19H,1-4H3,(H,18,20)/t8-,22?/m0/s1. The molecular formula is C15H18ClFN2O2S. The second kappa shape index (κ2) is 6.20. The highest BCUT2D eigenvalue weighted by Gasteiger charge is 2.29. The Balaban J connectivity index is 2.41. The van der Waals surface area contributed by atoms with Crippen LogP contribution in [-0.2, 0) is 11.4 Å².